The van der Waals surface area contributed by atoms with E-state index in [0.717, 1.165) is 0 Å². The molecule has 1 fully saturated rings. The quantitative estimate of drug-likeness (QED) is 0.873. The monoisotopic (exact) mass is 280 g/mol. The van der Waals surface area contributed by atoms with Crippen molar-refractivity contribution < 1.29 is 19.1 Å². The van der Waals surface area contributed by atoms with E-state index in [1.165, 1.54) is 23.1 Å². The van der Waals surface area contributed by atoms with Crippen molar-refractivity contribution in [3.63, 3.8) is 0 Å². The normalized spacial score (nSPS) is 21.9. The van der Waals surface area contributed by atoms with Gasteiger partial charge in [-0.2, -0.15) is 0 Å². The molecule has 1 aliphatic heterocycles. The van der Waals surface area contributed by atoms with Gasteiger partial charge in [0.15, 0.2) is 0 Å². The van der Waals surface area contributed by atoms with Crippen molar-refractivity contribution in [3.8, 4) is 0 Å². The van der Waals surface area contributed by atoms with Gasteiger partial charge in [-0.15, -0.1) is 0 Å². The molecular formula is C14H17FN2O3. The third kappa shape index (κ3) is 2.89. The summed E-state index contributed by atoms with van der Waals surface area (Å²) in [6, 6.07) is 3.75. The maximum absolute atomic E-state index is 13.0. The van der Waals surface area contributed by atoms with Gasteiger partial charge < -0.3 is 15.3 Å². The van der Waals surface area contributed by atoms with Crippen LogP contribution < -0.4 is 5.32 Å². The largest absolute Gasteiger partial charge is 0.481 e. The smallest absolute Gasteiger partial charge is 0.321 e. The molecule has 2 amide bonds. The second-order valence-corrected chi connectivity index (χ2v) is 5.22. The molecule has 6 heteroatoms. The Bertz CT molecular complexity index is 547. The van der Waals surface area contributed by atoms with Crippen molar-refractivity contribution in [3.05, 3.63) is 29.6 Å². The summed E-state index contributed by atoms with van der Waals surface area (Å²) in [7, 11) is 0. The summed E-state index contributed by atoms with van der Waals surface area (Å²) < 4.78 is 13.0. The van der Waals surface area contributed by atoms with Crippen LogP contribution in [-0.2, 0) is 4.79 Å². The number of carbonyl (C=O) groups excluding carboxylic acids is 1. The molecule has 0 saturated carbocycles. The van der Waals surface area contributed by atoms with E-state index in [1.54, 1.807) is 6.92 Å². The second kappa shape index (κ2) is 5.48. The van der Waals surface area contributed by atoms with Gasteiger partial charge in [-0.25, -0.2) is 9.18 Å². The van der Waals surface area contributed by atoms with E-state index >= 15 is 0 Å². The highest BCUT2D eigenvalue weighted by atomic mass is 19.1. The summed E-state index contributed by atoms with van der Waals surface area (Å²) in [5, 5.41) is 11.7. The number of urea groups is 1. The van der Waals surface area contributed by atoms with Crippen molar-refractivity contribution in [2.45, 2.75) is 13.8 Å². The van der Waals surface area contributed by atoms with E-state index in [1.807, 2.05) is 6.92 Å². The molecule has 2 N–H and O–H groups in total. The zero-order chi connectivity index (χ0) is 14.9. The number of hydrogen-bond donors (Lipinski definition) is 2. The topological polar surface area (TPSA) is 69.6 Å². The molecule has 108 valence electrons. The van der Waals surface area contributed by atoms with Gasteiger partial charge >= 0.3 is 12.0 Å². The van der Waals surface area contributed by atoms with E-state index in [9.17, 15) is 14.0 Å². The number of amides is 2. The van der Waals surface area contributed by atoms with Crippen molar-refractivity contribution in [2.24, 2.45) is 11.8 Å². The van der Waals surface area contributed by atoms with Crippen LogP contribution in [0.5, 0.6) is 0 Å². The molecule has 1 aliphatic rings. The van der Waals surface area contributed by atoms with Crippen LogP contribution in [-0.4, -0.2) is 35.1 Å². The van der Waals surface area contributed by atoms with Crippen molar-refractivity contribution in [2.75, 3.05) is 18.4 Å². The second-order valence-electron chi connectivity index (χ2n) is 5.22. The molecule has 1 aromatic rings. The highest BCUT2D eigenvalue weighted by molar-refractivity contribution is 5.90. The predicted octanol–water partition coefficient (Wildman–Crippen LogP) is 2.32. The number of aryl methyl sites for hydroxylation is 1. The lowest BCUT2D eigenvalue weighted by Gasteiger charge is -2.17. The van der Waals surface area contributed by atoms with Gasteiger partial charge in [-0.3, -0.25) is 4.79 Å². The third-order valence-electron chi connectivity index (χ3n) is 3.65. The number of hydrogen-bond acceptors (Lipinski definition) is 2. The number of nitrogens with one attached hydrogen (secondary N) is 1. The first-order chi connectivity index (χ1) is 9.38. The fourth-order valence-electron chi connectivity index (χ4n) is 2.42. The molecule has 2 atom stereocenters. The molecule has 0 bridgehead atoms. The number of carbonyl (C=O) groups is 2. The molecule has 0 radical (unpaired) electrons. The summed E-state index contributed by atoms with van der Waals surface area (Å²) in [6.45, 7) is 4.12. The fourth-order valence-corrected chi connectivity index (χ4v) is 2.42. The lowest BCUT2D eigenvalue weighted by atomic mass is 9.99. The fraction of sp³-hybridized carbons (Fsp3) is 0.429. The molecule has 2 unspecified atom stereocenters. The Morgan fingerprint density at radius 2 is 2.10 bits per heavy atom. The van der Waals surface area contributed by atoms with E-state index in [-0.39, 0.29) is 24.3 Å². The van der Waals surface area contributed by atoms with E-state index in [4.69, 9.17) is 5.11 Å². The molecular weight excluding hydrogens is 263 g/mol. The van der Waals surface area contributed by atoms with Crippen molar-refractivity contribution >= 4 is 17.7 Å². The standard InChI is InChI=1S/C14H17FN2O3/c1-8-5-10(15)3-4-12(8)16-14(20)17-6-9(2)11(7-17)13(18)19/h3-5,9,11H,6-7H2,1-2H3,(H,16,20)(H,18,19). The van der Waals surface area contributed by atoms with Crippen LogP contribution in [0, 0.1) is 24.6 Å². The first kappa shape index (κ1) is 14.3. The van der Waals surface area contributed by atoms with Crippen LogP contribution in [0.1, 0.15) is 12.5 Å². The van der Waals surface area contributed by atoms with Crippen LogP contribution in [0.3, 0.4) is 0 Å². The van der Waals surface area contributed by atoms with Gasteiger partial charge in [0.1, 0.15) is 5.82 Å². The van der Waals surface area contributed by atoms with Gasteiger partial charge in [-0.05, 0) is 36.6 Å². The van der Waals surface area contributed by atoms with Crippen LogP contribution >= 0.6 is 0 Å². The van der Waals surface area contributed by atoms with Gasteiger partial charge in [0, 0.05) is 18.8 Å². The number of rotatable bonds is 2. The number of aliphatic carboxylic acids is 1. The molecule has 1 aromatic carbocycles. The highest BCUT2D eigenvalue weighted by Gasteiger charge is 2.37. The predicted molar refractivity (Wildman–Crippen MR) is 72.0 cm³/mol. The third-order valence-corrected chi connectivity index (χ3v) is 3.65. The maximum atomic E-state index is 13.0. The molecule has 0 aliphatic carbocycles. The number of benzene rings is 1. The Hall–Kier alpha value is -2.11. The number of anilines is 1. The van der Waals surface area contributed by atoms with Crippen molar-refractivity contribution in [1.29, 1.82) is 0 Å². The number of carboxylic acid groups (broad SMARTS) is 1. The Morgan fingerprint density at radius 3 is 2.65 bits per heavy atom. The summed E-state index contributed by atoms with van der Waals surface area (Å²) in [6.07, 6.45) is 0. The minimum atomic E-state index is -0.884. The highest BCUT2D eigenvalue weighted by Crippen LogP contribution is 2.24. The summed E-state index contributed by atoms with van der Waals surface area (Å²) in [5.74, 6) is -1.85. The lowest BCUT2D eigenvalue weighted by Crippen LogP contribution is -2.34. The molecule has 1 heterocycles. The van der Waals surface area contributed by atoms with Crippen LogP contribution in [0.15, 0.2) is 18.2 Å². The van der Waals surface area contributed by atoms with Crippen LogP contribution in [0.4, 0.5) is 14.9 Å². The zero-order valence-electron chi connectivity index (χ0n) is 11.4. The summed E-state index contributed by atoms with van der Waals surface area (Å²) in [5.41, 5.74) is 1.16. The number of carboxylic acids is 1. The molecule has 20 heavy (non-hydrogen) atoms. The Labute approximate surface area is 116 Å². The Balaban J connectivity index is 2.04. The van der Waals surface area contributed by atoms with Crippen LogP contribution in [0.2, 0.25) is 0 Å². The zero-order valence-corrected chi connectivity index (χ0v) is 11.4. The van der Waals surface area contributed by atoms with Crippen LogP contribution in [0.25, 0.3) is 0 Å². The van der Waals surface area contributed by atoms with Gasteiger partial charge in [0.2, 0.25) is 0 Å². The van der Waals surface area contributed by atoms with E-state index in [2.05, 4.69) is 5.32 Å². The van der Waals surface area contributed by atoms with Crippen molar-refractivity contribution in [1.82, 2.24) is 4.90 Å². The number of nitrogens with zero attached hydrogens (tertiary/aromatic N) is 1. The van der Waals surface area contributed by atoms with Gasteiger partial charge in [0.25, 0.3) is 0 Å². The first-order valence-electron chi connectivity index (χ1n) is 6.43. The SMILES string of the molecule is Cc1cc(F)ccc1NC(=O)N1CC(C)C(C(=O)O)C1. The summed E-state index contributed by atoms with van der Waals surface area (Å²) >= 11 is 0. The van der Waals surface area contributed by atoms with E-state index in [0.29, 0.717) is 17.8 Å². The molecule has 0 spiro atoms. The number of halogens is 1. The minimum absolute atomic E-state index is 0.0763. The first-order valence-corrected chi connectivity index (χ1v) is 6.43. The van der Waals surface area contributed by atoms with Gasteiger partial charge in [0.05, 0.1) is 5.92 Å². The molecule has 2 rings (SSSR count). The average Bonchev–Trinajstić information content (AvgIpc) is 2.75. The minimum Gasteiger partial charge on any atom is -0.481 e. The Kier molecular flexibility index (Phi) is 3.92. The molecule has 0 aromatic heterocycles. The Morgan fingerprint density at radius 1 is 1.40 bits per heavy atom. The molecule has 1 saturated heterocycles. The number of likely N-dealkylation sites (tertiary alicyclic amines) is 1. The summed E-state index contributed by atoms with van der Waals surface area (Å²) in [4.78, 5) is 24.6. The van der Waals surface area contributed by atoms with E-state index < -0.39 is 11.9 Å². The lowest BCUT2D eigenvalue weighted by molar-refractivity contribution is -0.142. The average molecular weight is 280 g/mol. The molecule has 5 nitrogen and oxygen atoms in total. The maximum Gasteiger partial charge on any atom is 0.321 e. The van der Waals surface area contributed by atoms with Gasteiger partial charge in [-0.1, -0.05) is 6.92 Å².